The summed E-state index contributed by atoms with van der Waals surface area (Å²) in [5, 5.41) is 0. The summed E-state index contributed by atoms with van der Waals surface area (Å²) in [6.45, 7) is 1.92. The summed E-state index contributed by atoms with van der Waals surface area (Å²) in [4.78, 5) is 12.5. The lowest BCUT2D eigenvalue weighted by atomic mass is 10.0. The van der Waals surface area contributed by atoms with Crippen molar-refractivity contribution in [2.75, 3.05) is 21.3 Å². The zero-order valence-corrected chi connectivity index (χ0v) is 13.2. The van der Waals surface area contributed by atoms with Gasteiger partial charge in [-0.2, -0.15) is 0 Å². The molecule has 1 aromatic rings. The molecular weight excluding hydrogens is 284 g/mol. The van der Waals surface area contributed by atoms with Crippen LogP contribution in [-0.2, 0) is 4.74 Å². The van der Waals surface area contributed by atoms with Gasteiger partial charge in [0.05, 0.1) is 27.6 Å². The van der Waals surface area contributed by atoms with Gasteiger partial charge in [0.2, 0.25) is 0 Å². The van der Waals surface area contributed by atoms with Gasteiger partial charge in [-0.3, -0.25) is 4.79 Å². The summed E-state index contributed by atoms with van der Waals surface area (Å²) in [6, 6.07) is 3.30. The van der Waals surface area contributed by atoms with E-state index in [2.05, 4.69) is 0 Å². The molecule has 0 aromatic heterocycles. The number of carbonyl (C=O) groups excluding carboxylic acids is 1. The molecule has 2 rings (SSSR count). The van der Waals surface area contributed by atoms with Crippen LogP contribution in [-0.4, -0.2) is 32.7 Å². The van der Waals surface area contributed by atoms with Crippen molar-refractivity contribution in [1.29, 1.82) is 0 Å². The molecule has 0 saturated carbocycles. The van der Waals surface area contributed by atoms with Gasteiger partial charge in [0.15, 0.2) is 5.78 Å². The number of ether oxygens (including phenoxy) is 4. The molecule has 0 saturated heterocycles. The Labute approximate surface area is 130 Å². The van der Waals surface area contributed by atoms with Crippen LogP contribution in [0, 0.1) is 0 Å². The van der Waals surface area contributed by atoms with Crippen LogP contribution in [0.4, 0.5) is 0 Å². The van der Waals surface area contributed by atoms with Crippen LogP contribution in [0.2, 0.25) is 0 Å². The fourth-order valence-electron chi connectivity index (χ4n) is 2.22. The maximum absolute atomic E-state index is 12.5. The average molecular weight is 304 g/mol. The molecule has 118 valence electrons. The Hall–Kier alpha value is -2.43. The number of benzene rings is 1. The third-order valence-electron chi connectivity index (χ3n) is 3.51. The maximum atomic E-state index is 12.5. The second-order valence-electron chi connectivity index (χ2n) is 5.11. The van der Waals surface area contributed by atoms with E-state index in [0.29, 0.717) is 22.8 Å². The highest BCUT2D eigenvalue weighted by molar-refractivity contribution is 6.09. The second-order valence-corrected chi connectivity index (χ2v) is 5.11. The standard InChI is InChI=1S/C17H20O5/c1-17(7-5-9-22-17)8-6-13(18)16-14(20-3)10-12(19-2)11-15(16)21-4/h5-6,8-11H,7H2,1-4H3. The fraction of sp³-hybridized carbons (Fsp3) is 0.353. The third-order valence-corrected chi connectivity index (χ3v) is 3.51. The van der Waals surface area contributed by atoms with Crippen LogP contribution in [0.5, 0.6) is 17.2 Å². The molecule has 5 nitrogen and oxygen atoms in total. The van der Waals surface area contributed by atoms with E-state index in [1.165, 1.54) is 20.3 Å². The Kier molecular flexibility index (Phi) is 4.75. The molecule has 0 fully saturated rings. The van der Waals surface area contributed by atoms with E-state index in [0.717, 1.165) is 6.42 Å². The van der Waals surface area contributed by atoms with E-state index >= 15 is 0 Å². The lowest BCUT2D eigenvalue weighted by Gasteiger charge is -2.19. The number of methoxy groups -OCH3 is 3. The third kappa shape index (κ3) is 3.24. The lowest BCUT2D eigenvalue weighted by Crippen LogP contribution is -2.19. The first-order chi connectivity index (χ1) is 10.5. The lowest BCUT2D eigenvalue weighted by molar-refractivity contribution is 0.101. The van der Waals surface area contributed by atoms with Gasteiger partial charge >= 0.3 is 0 Å². The quantitative estimate of drug-likeness (QED) is 0.597. The smallest absolute Gasteiger partial charge is 0.193 e. The van der Waals surface area contributed by atoms with Crippen LogP contribution in [0.25, 0.3) is 0 Å². The first-order valence-electron chi connectivity index (χ1n) is 6.89. The molecule has 1 unspecified atom stereocenters. The number of hydrogen-bond acceptors (Lipinski definition) is 5. The van der Waals surface area contributed by atoms with E-state index in [-0.39, 0.29) is 5.78 Å². The number of allylic oxidation sites excluding steroid dienone is 1. The zero-order valence-electron chi connectivity index (χ0n) is 13.2. The molecule has 1 aliphatic heterocycles. The normalized spacial score (nSPS) is 20.0. The highest BCUT2D eigenvalue weighted by atomic mass is 16.5. The minimum absolute atomic E-state index is 0.215. The molecule has 1 aliphatic rings. The van der Waals surface area contributed by atoms with Crippen molar-refractivity contribution in [2.45, 2.75) is 18.9 Å². The van der Waals surface area contributed by atoms with E-state index in [9.17, 15) is 4.79 Å². The van der Waals surface area contributed by atoms with Crippen molar-refractivity contribution in [3.8, 4) is 17.2 Å². The predicted molar refractivity (Wildman–Crippen MR) is 82.8 cm³/mol. The molecule has 1 heterocycles. The zero-order chi connectivity index (χ0) is 16.2. The van der Waals surface area contributed by atoms with Gasteiger partial charge in [0, 0.05) is 18.6 Å². The molecule has 0 spiro atoms. The molecule has 5 heteroatoms. The molecule has 0 N–H and O–H groups in total. The topological polar surface area (TPSA) is 54.0 Å². The first-order valence-corrected chi connectivity index (χ1v) is 6.89. The van der Waals surface area contributed by atoms with Crippen molar-refractivity contribution >= 4 is 5.78 Å². The van der Waals surface area contributed by atoms with Crippen molar-refractivity contribution in [3.63, 3.8) is 0 Å². The van der Waals surface area contributed by atoms with Gasteiger partial charge in [-0.15, -0.1) is 0 Å². The molecule has 1 aromatic carbocycles. The van der Waals surface area contributed by atoms with Crippen LogP contribution >= 0.6 is 0 Å². The van der Waals surface area contributed by atoms with E-state index < -0.39 is 5.60 Å². The molecule has 0 radical (unpaired) electrons. The van der Waals surface area contributed by atoms with E-state index in [1.807, 2.05) is 13.0 Å². The van der Waals surface area contributed by atoms with Crippen molar-refractivity contribution < 1.29 is 23.7 Å². The molecule has 0 aliphatic carbocycles. The van der Waals surface area contributed by atoms with Crippen molar-refractivity contribution in [2.24, 2.45) is 0 Å². The maximum Gasteiger partial charge on any atom is 0.193 e. The average Bonchev–Trinajstić information content (AvgIpc) is 2.98. The summed E-state index contributed by atoms with van der Waals surface area (Å²) in [5.74, 6) is 1.15. The van der Waals surface area contributed by atoms with Crippen molar-refractivity contribution in [1.82, 2.24) is 0 Å². The molecule has 0 bridgehead atoms. The summed E-state index contributed by atoms with van der Waals surface area (Å²) < 4.78 is 21.2. The number of hydrogen-bond donors (Lipinski definition) is 0. The highest BCUT2D eigenvalue weighted by Gasteiger charge is 2.25. The largest absolute Gasteiger partial charge is 0.496 e. The van der Waals surface area contributed by atoms with Gasteiger partial charge in [-0.05, 0) is 25.2 Å². The van der Waals surface area contributed by atoms with Gasteiger partial charge < -0.3 is 18.9 Å². The Bertz CT molecular complexity index is 582. The summed E-state index contributed by atoms with van der Waals surface area (Å²) in [7, 11) is 4.54. The second kappa shape index (κ2) is 6.56. The summed E-state index contributed by atoms with van der Waals surface area (Å²) in [5.41, 5.74) is -0.126. The Morgan fingerprint density at radius 1 is 1.18 bits per heavy atom. The van der Waals surface area contributed by atoms with Gasteiger partial charge in [-0.1, -0.05) is 0 Å². The molecule has 0 amide bonds. The van der Waals surface area contributed by atoms with Gasteiger partial charge in [-0.25, -0.2) is 0 Å². The molecular formula is C17H20O5. The first kappa shape index (κ1) is 15.9. The Balaban J connectivity index is 2.34. The fourth-order valence-corrected chi connectivity index (χ4v) is 2.22. The SMILES string of the molecule is COc1cc(OC)c(C(=O)C=CC2(C)CC=CO2)c(OC)c1. The van der Waals surface area contributed by atoms with E-state index in [4.69, 9.17) is 18.9 Å². The van der Waals surface area contributed by atoms with Crippen LogP contribution < -0.4 is 14.2 Å². The van der Waals surface area contributed by atoms with Crippen LogP contribution in [0.3, 0.4) is 0 Å². The number of rotatable bonds is 6. The van der Waals surface area contributed by atoms with Gasteiger partial charge in [0.25, 0.3) is 0 Å². The minimum Gasteiger partial charge on any atom is -0.496 e. The van der Waals surface area contributed by atoms with Crippen molar-refractivity contribution in [3.05, 3.63) is 42.2 Å². The van der Waals surface area contributed by atoms with Crippen LogP contribution in [0.15, 0.2) is 36.6 Å². The predicted octanol–water partition coefficient (Wildman–Crippen LogP) is 3.14. The Morgan fingerprint density at radius 2 is 1.82 bits per heavy atom. The van der Waals surface area contributed by atoms with Gasteiger partial charge in [0.1, 0.15) is 28.4 Å². The number of carbonyl (C=O) groups is 1. The minimum atomic E-state index is -0.484. The Morgan fingerprint density at radius 3 is 2.27 bits per heavy atom. The molecule has 22 heavy (non-hydrogen) atoms. The van der Waals surface area contributed by atoms with E-state index in [1.54, 1.807) is 31.6 Å². The monoisotopic (exact) mass is 304 g/mol. The number of ketones is 1. The summed E-state index contributed by atoms with van der Waals surface area (Å²) >= 11 is 0. The summed E-state index contributed by atoms with van der Waals surface area (Å²) in [6.07, 6.45) is 7.53. The molecule has 1 atom stereocenters. The van der Waals surface area contributed by atoms with Crippen LogP contribution in [0.1, 0.15) is 23.7 Å². The highest BCUT2D eigenvalue weighted by Crippen LogP contribution is 2.35.